The standard InChI is InChI=1S/C15H19ClN2/c1-9-6-12(16)15-11-8-10(18(2)3)4-5-13(11)17-14(15)7-9/h6-7,10,17H,4-5,8H2,1-3H3/t10-/m0/s1. The molecule has 0 saturated heterocycles. The van der Waals surface area contributed by atoms with Gasteiger partial charge in [-0.2, -0.15) is 0 Å². The van der Waals surface area contributed by atoms with Gasteiger partial charge in [-0.3, -0.25) is 0 Å². The summed E-state index contributed by atoms with van der Waals surface area (Å²) in [4.78, 5) is 5.88. The summed E-state index contributed by atoms with van der Waals surface area (Å²) in [5.41, 5.74) is 5.23. The summed E-state index contributed by atoms with van der Waals surface area (Å²) in [7, 11) is 4.33. The lowest BCUT2D eigenvalue weighted by Gasteiger charge is -2.28. The fourth-order valence-electron chi connectivity index (χ4n) is 3.06. The molecular weight excluding hydrogens is 244 g/mol. The predicted molar refractivity (Wildman–Crippen MR) is 77.5 cm³/mol. The molecule has 0 radical (unpaired) electrons. The summed E-state index contributed by atoms with van der Waals surface area (Å²) < 4.78 is 0. The van der Waals surface area contributed by atoms with Crippen LogP contribution in [0.2, 0.25) is 5.02 Å². The van der Waals surface area contributed by atoms with Gasteiger partial charge in [0.25, 0.3) is 0 Å². The van der Waals surface area contributed by atoms with Gasteiger partial charge in [0.05, 0.1) is 5.02 Å². The van der Waals surface area contributed by atoms with Gasteiger partial charge in [-0.25, -0.2) is 0 Å². The molecule has 2 aromatic rings. The monoisotopic (exact) mass is 262 g/mol. The number of benzene rings is 1. The fraction of sp³-hybridized carbons (Fsp3) is 0.467. The Balaban J connectivity index is 2.15. The molecule has 0 spiro atoms. The Kier molecular flexibility index (Phi) is 2.87. The number of likely N-dealkylation sites (N-methyl/N-ethyl adjacent to an activating group) is 1. The minimum atomic E-state index is 0.633. The summed E-state index contributed by atoms with van der Waals surface area (Å²) in [6.45, 7) is 2.09. The van der Waals surface area contributed by atoms with Crippen molar-refractivity contribution >= 4 is 22.5 Å². The van der Waals surface area contributed by atoms with Crippen molar-refractivity contribution in [3.63, 3.8) is 0 Å². The van der Waals surface area contributed by atoms with Gasteiger partial charge < -0.3 is 9.88 Å². The number of hydrogen-bond donors (Lipinski definition) is 1. The number of aromatic nitrogens is 1. The van der Waals surface area contributed by atoms with E-state index in [0.29, 0.717) is 6.04 Å². The first-order valence-corrected chi connectivity index (χ1v) is 6.90. The lowest BCUT2D eigenvalue weighted by molar-refractivity contribution is 0.268. The van der Waals surface area contributed by atoms with E-state index >= 15 is 0 Å². The Labute approximate surface area is 113 Å². The first-order chi connectivity index (χ1) is 8.56. The topological polar surface area (TPSA) is 19.0 Å². The van der Waals surface area contributed by atoms with Gasteiger partial charge in [0, 0.05) is 22.6 Å². The van der Waals surface area contributed by atoms with Gasteiger partial charge in [0.1, 0.15) is 0 Å². The highest BCUT2D eigenvalue weighted by molar-refractivity contribution is 6.35. The van der Waals surface area contributed by atoms with Crippen LogP contribution >= 0.6 is 11.6 Å². The van der Waals surface area contributed by atoms with E-state index in [9.17, 15) is 0 Å². The predicted octanol–water partition coefficient (Wildman–Crippen LogP) is 3.55. The van der Waals surface area contributed by atoms with Crippen molar-refractivity contribution < 1.29 is 0 Å². The molecule has 18 heavy (non-hydrogen) atoms. The molecule has 2 nitrogen and oxygen atoms in total. The van der Waals surface area contributed by atoms with Crippen LogP contribution in [0.15, 0.2) is 12.1 Å². The van der Waals surface area contributed by atoms with E-state index in [1.54, 1.807) is 0 Å². The summed E-state index contributed by atoms with van der Waals surface area (Å²) in [5, 5.41) is 2.13. The molecule has 1 aromatic heterocycles. The van der Waals surface area contributed by atoms with Crippen LogP contribution in [-0.4, -0.2) is 30.0 Å². The number of nitrogens with one attached hydrogen (secondary N) is 1. The average Bonchev–Trinajstić information content (AvgIpc) is 2.65. The molecule has 3 rings (SSSR count). The van der Waals surface area contributed by atoms with Gasteiger partial charge in [-0.1, -0.05) is 11.6 Å². The Hall–Kier alpha value is -0.990. The fourth-order valence-corrected chi connectivity index (χ4v) is 3.45. The summed E-state index contributed by atoms with van der Waals surface area (Å²) in [6.07, 6.45) is 3.46. The molecule has 1 N–H and O–H groups in total. The van der Waals surface area contributed by atoms with Crippen LogP contribution in [0.4, 0.5) is 0 Å². The maximum atomic E-state index is 6.43. The normalized spacial score (nSPS) is 19.5. The zero-order valence-corrected chi connectivity index (χ0v) is 11.9. The van der Waals surface area contributed by atoms with Crippen LogP contribution in [0.25, 0.3) is 10.9 Å². The third kappa shape index (κ3) is 1.84. The summed E-state index contributed by atoms with van der Waals surface area (Å²) >= 11 is 6.43. The van der Waals surface area contributed by atoms with E-state index in [2.05, 4.69) is 43.0 Å². The summed E-state index contributed by atoms with van der Waals surface area (Å²) in [5.74, 6) is 0. The van der Waals surface area contributed by atoms with E-state index in [4.69, 9.17) is 11.6 Å². The van der Waals surface area contributed by atoms with Crippen LogP contribution in [0.3, 0.4) is 0 Å². The van der Waals surface area contributed by atoms with E-state index in [1.165, 1.54) is 34.1 Å². The molecule has 0 unspecified atom stereocenters. The van der Waals surface area contributed by atoms with Gasteiger partial charge in [0.2, 0.25) is 0 Å². The van der Waals surface area contributed by atoms with Crippen molar-refractivity contribution in [2.75, 3.05) is 14.1 Å². The Bertz CT molecular complexity index is 598. The van der Waals surface area contributed by atoms with Crippen LogP contribution < -0.4 is 0 Å². The minimum absolute atomic E-state index is 0.633. The van der Waals surface area contributed by atoms with Crippen molar-refractivity contribution in [1.82, 2.24) is 9.88 Å². The molecule has 3 heteroatoms. The second kappa shape index (κ2) is 4.29. The zero-order chi connectivity index (χ0) is 12.9. The largest absolute Gasteiger partial charge is 0.358 e. The quantitative estimate of drug-likeness (QED) is 0.833. The Morgan fingerprint density at radius 3 is 2.83 bits per heavy atom. The number of aromatic amines is 1. The van der Waals surface area contributed by atoms with Crippen LogP contribution in [0, 0.1) is 6.92 Å². The molecule has 0 aliphatic heterocycles. The lowest BCUT2D eigenvalue weighted by atomic mass is 9.91. The van der Waals surface area contributed by atoms with Crippen molar-refractivity contribution in [3.8, 4) is 0 Å². The molecule has 1 aliphatic carbocycles. The van der Waals surface area contributed by atoms with Crippen molar-refractivity contribution in [3.05, 3.63) is 34.0 Å². The molecule has 0 amide bonds. The molecule has 1 atom stereocenters. The summed E-state index contributed by atoms with van der Waals surface area (Å²) in [6, 6.07) is 4.90. The maximum absolute atomic E-state index is 6.43. The number of halogens is 1. The van der Waals surface area contributed by atoms with Gasteiger partial charge >= 0.3 is 0 Å². The molecule has 1 heterocycles. The Morgan fingerprint density at radius 1 is 1.33 bits per heavy atom. The molecule has 1 aliphatic rings. The maximum Gasteiger partial charge on any atom is 0.0505 e. The SMILES string of the molecule is Cc1cc(Cl)c2c3c([nH]c2c1)CC[C@H](N(C)C)C3. The number of H-pyrrole nitrogens is 1. The van der Waals surface area contributed by atoms with Crippen molar-refractivity contribution in [2.24, 2.45) is 0 Å². The van der Waals surface area contributed by atoms with Crippen LogP contribution in [-0.2, 0) is 12.8 Å². The minimum Gasteiger partial charge on any atom is -0.358 e. The van der Waals surface area contributed by atoms with Crippen LogP contribution in [0.5, 0.6) is 0 Å². The van der Waals surface area contributed by atoms with Crippen molar-refractivity contribution in [1.29, 1.82) is 0 Å². The third-order valence-corrected chi connectivity index (χ3v) is 4.38. The van der Waals surface area contributed by atoms with Gasteiger partial charge in [-0.15, -0.1) is 0 Å². The third-order valence-electron chi connectivity index (χ3n) is 4.08. The smallest absolute Gasteiger partial charge is 0.0505 e. The van der Waals surface area contributed by atoms with E-state index in [-0.39, 0.29) is 0 Å². The van der Waals surface area contributed by atoms with Gasteiger partial charge in [-0.05, 0) is 63.5 Å². The van der Waals surface area contributed by atoms with E-state index in [0.717, 1.165) is 17.9 Å². The Morgan fingerprint density at radius 2 is 2.11 bits per heavy atom. The molecule has 0 saturated carbocycles. The van der Waals surface area contributed by atoms with E-state index < -0.39 is 0 Å². The molecule has 0 bridgehead atoms. The second-order valence-corrected chi connectivity index (χ2v) is 6.02. The average molecular weight is 263 g/mol. The zero-order valence-electron chi connectivity index (χ0n) is 11.2. The van der Waals surface area contributed by atoms with Gasteiger partial charge in [0.15, 0.2) is 0 Å². The molecular formula is C15H19ClN2. The number of aryl methyl sites for hydroxylation is 2. The first-order valence-electron chi connectivity index (χ1n) is 6.52. The highest BCUT2D eigenvalue weighted by Gasteiger charge is 2.24. The number of fused-ring (bicyclic) bond motifs is 3. The van der Waals surface area contributed by atoms with Crippen LogP contribution in [0.1, 0.15) is 23.2 Å². The lowest BCUT2D eigenvalue weighted by Crippen LogP contribution is -2.33. The van der Waals surface area contributed by atoms with Crippen molar-refractivity contribution in [2.45, 2.75) is 32.2 Å². The number of rotatable bonds is 1. The molecule has 1 aromatic carbocycles. The molecule has 0 fully saturated rings. The molecule has 96 valence electrons. The number of hydrogen-bond acceptors (Lipinski definition) is 1. The number of nitrogens with zero attached hydrogens (tertiary/aromatic N) is 1. The highest BCUT2D eigenvalue weighted by atomic mass is 35.5. The van der Waals surface area contributed by atoms with E-state index in [1.807, 2.05) is 0 Å². The second-order valence-electron chi connectivity index (χ2n) is 5.61. The highest BCUT2D eigenvalue weighted by Crippen LogP contribution is 2.35. The first kappa shape index (κ1) is 12.1.